The quantitative estimate of drug-likeness (QED) is 0.184. The van der Waals surface area contributed by atoms with Crippen molar-refractivity contribution in [1.82, 2.24) is 20.6 Å². The second-order valence-corrected chi connectivity index (χ2v) is 5.29. The van der Waals surface area contributed by atoms with Crippen LogP contribution in [0.1, 0.15) is 25.0 Å². The van der Waals surface area contributed by atoms with E-state index < -0.39 is 29.9 Å². The molecule has 0 bridgehead atoms. The van der Waals surface area contributed by atoms with Crippen LogP contribution in [0, 0.1) is 0 Å². The maximum absolute atomic E-state index is 12.4. The molecular formula is C14H24CuN6O4+2. The Labute approximate surface area is 156 Å². The Morgan fingerprint density at radius 3 is 2.44 bits per heavy atom. The fourth-order valence-corrected chi connectivity index (χ4v) is 2.10. The van der Waals surface area contributed by atoms with Crippen LogP contribution in [0.25, 0.3) is 0 Å². The van der Waals surface area contributed by atoms with Crippen molar-refractivity contribution in [3.05, 3.63) is 18.2 Å². The third-order valence-corrected chi connectivity index (χ3v) is 3.38. The van der Waals surface area contributed by atoms with Gasteiger partial charge >= 0.3 is 23.0 Å². The van der Waals surface area contributed by atoms with Gasteiger partial charge in [-0.25, -0.2) is 9.78 Å². The Hall–Kier alpha value is -1.94. The molecule has 0 aromatic carbocycles. The summed E-state index contributed by atoms with van der Waals surface area (Å²) in [5.41, 5.74) is 11.3. The maximum atomic E-state index is 12.4. The van der Waals surface area contributed by atoms with E-state index in [1.807, 2.05) is 0 Å². The van der Waals surface area contributed by atoms with E-state index in [1.54, 1.807) is 0 Å². The normalized spacial score (nSPS) is 12.6. The number of aromatic amines is 1. The van der Waals surface area contributed by atoms with Crippen LogP contribution in [-0.2, 0) is 37.9 Å². The van der Waals surface area contributed by atoms with Gasteiger partial charge in [-0.3, -0.25) is 9.59 Å². The molecule has 0 fully saturated rings. The number of imidazole rings is 1. The summed E-state index contributed by atoms with van der Waals surface area (Å²) >= 11 is 0. The molecule has 2 amide bonds. The number of nitrogens with two attached hydrogens (primary N) is 2. The fraction of sp³-hybridized carbons (Fsp3) is 0.571. The molecule has 1 heterocycles. The number of amides is 2. The minimum atomic E-state index is -1.13. The Bertz CT molecular complexity index is 539. The Morgan fingerprint density at radius 1 is 1.20 bits per heavy atom. The number of carboxylic acid groups (broad SMARTS) is 1. The van der Waals surface area contributed by atoms with Crippen molar-refractivity contribution in [1.29, 1.82) is 0 Å². The third kappa shape index (κ3) is 8.64. The zero-order valence-corrected chi connectivity index (χ0v) is 14.6. The molecule has 25 heavy (non-hydrogen) atoms. The summed E-state index contributed by atoms with van der Waals surface area (Å²) in [5.74, 6) is -2.23. The number of aromatic nitrogens is 2. The van der Waals surface area contributed by atoms with Crippen LogP contribution >= 0.6 is 0 Å². The van der Waals surface area contributed by atoms with Crippen molar-refractivity contribution >= 4 is 17.8 Å². The first-order chi connectivity index (χ1) is 11.5. The third-order valence-electron chi connectivity index (χ3n) is 3.38. The van der Waals surface area contributed by atoms with Crippen LogP contribution in [0.15, 0.2) is 12.5 Å². The monoisotopic (exact) mass is 403 g/mol. The predicted octanol–water partition coefficient (Wildman–Crippen LogP) is -1.91. The topological polar surface area (TPSA) is 176 Å². The molecule has 1 aromatic heterocycles. The first kappa shape index (κ1) is 23.1. The summed E-state index contributed by atoms with van der Waals surface area (Å²) in [7, 11) is 0. The number of nitrogens with zero attached hydrogens (tertiary/aromatic N) is 1. The number of carbonyl (C=O) groups excluding carboxylic acids is 2. The first-order valence-corrected chi connectivity index (χ1v) is 7.67. The number of hydrogen-bond acceptors (Lipinski definition) is 6. The molecule has 0 saturated carbocycles. The van der Waals surface area contributed by atoms with E-state index >= 15 is 0 Å². The average molecular weight is 404 g/mol. The molecule has 143 valence electrons. The minimum Gasteiger partial charge on any atom is -0.480 e. The molecule has 8 N–H and O–H groups in total. The van der Waals surface area contributed by atoms with Crippen molar-refractivity contribution < 1.29 is 36.6 Å². The number of hydrogen-bond donors (Lipinski definition) is 6. The van der Waals surface area contributed by atoms with E-state index in [1.165, 1.54) is 12.5 Å². The van der Waals surface area contributed by atoms with Gasteiger partial charge in [0.15, 0.2) is 0 Å². The van der Waals surface area contributed by atoms with Gasteiger partial charge in [-0.05, 0) is 25.8 Å². The Kier molecular flexibility index (Phi) is 11.5. The van der Waals surface area contributed by atoms with Gasteiger partial charge in [-0.15, -0.1) is 0 Å². The van der Waals surface area contributed by atoms with Crippen LogP contribution in [0.4, 0.5) is 0 Å². The van der Waals surface area contributed by atoms with Crippen molar-refractivity contribution in [2.24, 2.45) is 11.5 Å². The van der Waals surface area contributed by atoms with Gasteiger partial charge in [-0.1, -0.05) is 0 Å². The van der Waals surface area contributed by atoms with Gasteiger partial charge in [-0.2, -0.15) is 0 Å². The smallest absolute Gasteiger partial charge is 0.480 e. The maximum Gasteiger partial charge on any atom is 2.00 e. The molecule has 0 saturated heterocycles. The molecule has 2 atom stereocenters. The van der Waals surface area contributed by atoms with Gasteiger partial charge in [0.1, 0.15) is 12.1 Å². The standard InChI is InChI=1S/C14H24N6O4.Cu/c15-4-2-1-3-10(14(23)24)20-13(22)11(19-12(21)6-16)5-9-7-17-8-18-9;/h7-8,10-11H,1-6,15-16H2,(H,17,18)(H,19,21)(H,20,22)(H,23,24);/q;+2. The predicted molar refractivity (Wildman–Crippen MR) is 85.7 cm³/mol. The van der Waals surface area contributed by atoms with Crippen molar-refractivity contribution in [2.45, 2.75) is 37.8 Å². The zero-order chi connectivity index (χ0) is 17.9. The molecule has 1 aromatic rings. The fourth-order valence-electron chi connectivity index (χ4n) is 2.10. The summed E-state index contributed by atoms with van der Waals surface area (Å²) in [4.78, 5) is 41.8. The molecule has 2 unspecified atom stereocenters. The van der Waals surface area contributed by atoms with Gasteiger partial charge in [0, 0.05) is 18.3 Å². The van der Waals surface area contributed by atoms with E-state index in [2.05, 4.69) is 20.6 Å². The first-order valence-electron chi connectivity index (χ1n) is 7.67. The molecule has 1 radical (unpaired) electrons. The summed E-state index contributed by atoms with van der Waals surface area (Å²) < 4.78 is 0. The molecule has 10 nitrogen and oxygen atoms in total. The summed E-state index contributed by atoms with van der Waals surface area (Å²) in [6.07, 6.45) is 4.62. The van der Waals surface area contributed by atoms with Crippen LogP contribution in [0.5, 0.6) is 0 Å². The number of nitrogens with one attached hydrogen (secondary N) is 3. The molecule has 0 aliphatic rings. The van der Waals surface area contributed by atoms with Gasteiger partial charge < -0.3 is 32.2 Å². The van der Waals surface area contributed by atoms with Crippen LogP contribution in [-0.4, -0.2) is 58.0 Å². The van der Waals surface area contributed by atoms with Crippen LogP contribution < -0.4 is 22.1 Å². The Morgan fingerprint density at radius 2 is 1.92 bits per heavy atom. The largest absolute Gasteiger partial charge is 2.00 e. The van der Waals surface area contributed by atoms with Crippen LogP contribution in [0.3, 0.4) is 0 Å². The molecule has 0 aliphatic carbocycles. The summed E-state index contributed by atoms with van der Waals surface area (Å²) in [5, 5.41) is 14.1. The van der Waals surface area contributed by atoms with Crippen molar-refractivity contribution in [2.75, 3.05) is 13.1 Å². The molecule has 11 heteroatoms. The SMILES string of the molecule is NCCCCC(NC(=O)C(Cc1cnc[nH]1)NC(=O)CN)C(=O)O.[Cu+2]. The average Bonchev–Trinajstić information content (AvgIpc) is 3.06. The Balaban J connectivity index is 0.00000576. The van der Waals surface area contributed by atoms with E-state index in [0.29, 0.717) is 25.1 Å². The van der Waals surface area contributed by atoms with Gasteiger partial charge in [0.05, 0.1) is 12.9 Å². The number of rotatable bonds is 11. The molecular weight excluding hydrogens is 380 g/mol. The van der Waals surface area contributed by atoms with E-state index in [0.717, 1.165) is 0 Å². The van der Waals surface area contributed by atoms with E-state index in [9.17, 15) is 19.5 Å². The van der Waals surface area contributed by atoms with Crippen LogP contribution in [0.2, 0.25) is 0 Å². The number of H-pyrrole nitrogens is 1. The minimum absolute atomic E-state index is 0. The van der Waals surface area contributed by atoms with E-state index in [4.69, 9.17) is 11.5 Å². The van der Waals surface area contributed by atoms with Crippen molar-refractivity contribution in [3.8, 4) is 0 Å². The van der Waals surface area contributed by atoms with Gasteiger partial charge in [0.2, 0.25) is 11.8 Å². The number of aliphatic carboxylic acids is 1. The zero-order valence-electron chi connectivity index (χ0n) is 13.6. The number of carboxylic acids is 1. The second kappa shape index (κ2) is 12.4. The van der Waals surface area contributed by atoms with E-state index in [-0.39, 0.29) is 36.5 Å². The number of unbranched alkanes of at least 4 members (excludes halogenated alkanes) is 1. The van der Waals surface area contributed by atoms with Gasteiger partial charge in [0.25, 0.3) is 0 Å². The second-order valence-electron chi connectivity index (χ2n) is 5.29. The number of carbonyl (C=O) groups is 3. The summed E-state index contributed by atoms with van der Waals surface area (Å²) in [6, 6.07) is -1.99. The van der Waals surface area contributed by atoms with Crippen molar-refractivity contribution in [3.63, 3.8) is 0 Å². The molecule has 0 aliphatic heterocycles. The summed E-state index contributed by atoms with van der Waals surface area (Å²) in [6.45, 7) is 0.181. The molecule has 1 rings (SSSR count). The molecule has 0 spiro atoms.